The number of aromatic nitrogens is 3. The fraction of sp³-hybridized carbons (Fsp3) is 0.308. The highest BCUT2D eigenvalue weighted by molar-refractivity contribution is 7.15. The molecule has 0 saturated carbocycles. The first-order valence-corrected chi connectivity index (χ1v) is 12.4. The molecule has 182 valence electrons. The third kappa shape index (κ3) is 5.86. The highest BCUT2D eigenvalue weighted by atomic mass is 32.1. The second kappa shape index (κ2) is 11.1. The maximum atomic E-state index is 12.9. The lowest BCUT2D eigenvalue weighted by Crippen LogP contribution is -2.23. The summed E-state index contributed by atoms with van der Waals surface area (Å²) in [7, 11) is 0. The Hall–Kier alpha value is -3.72. The van der Waals surface area contributed by atoms with Gasteiger partial charge in [-0.05, 0) is 61.4 Å². The van der Waals surface area contributed by atoms with Crippen molar-refractivity contribution in [2.75, 3.05) is 13.2 Å². The second-order valence-electron chi connectivity index (χ2n) is 7.86. The van der Waals surface area contributed by atoms with Crippen LogP contribution in [-0.2, 0) is 4.79 Å². The molecule has 0 unspecified atom stereocenters. The van der Waals surface area contributed by atoms with E-state index in [-0.39, 0.29) is 5.56 Å². The third-order valence-corrected chi connectivity index (χ3v) is 6.09. The molecule has 0 fully saturated rings. The molecule has 2 aromatic carbocycles. The van der Waals surface area contributed by atoms with E-state index < -0.39 is 5.97 Å². The van der Waals surface area contributed by atoms with Crippen LogP contribution in [0.15, 0.2) is 47.3 Å². The molecule has 0 aliphatic carbocycles. The van der Waals surface area contributed by atoms with Crippen LogP contribution in [-0.4, -0.2) is 33.8 Å². The van der Waals surface area contributed by atoms with Gasteiger partial charge in [-0.25, -0.2) is 0 Å². The number of benzene rings is 2. The van der Waals surface area contributed by atoms with Crippen molar-refractivity contribution in [3.05, 3.63) is 62.9 Å². The Morgan fingerprint density at radius 1 is 1.06 bits per heavy atom. The average Bonchev–Trinajstić information content (AvgIpc) is 3.38. The lowest BCUT2D eigenvalue weighted by Gasteiger charge is -2.10. The number of ether oxygens (including phenoxy) is 3. The summed E-state index contributed by atoms with van der Waals surface area (Å²) in [6.45, 7) is 6.45. The van der Waals surface area contributed by atoms with Crippen molar-refractivity contribution in [1.29, 1.82) is 0 Å². The van der Waals surface area contributed by atoms with E-state index in [1.807, 2.05) is 31.2 Å². The Bertz CT molecular complexity index is 1430. The zero-order valence-corrected chi connectivity index (χ0v) is 20.8. The molecule has 0 spiro atoms. The standard InChI is InChI=1S/C26H27N3O5S/c1-4-6-7-14-33-20-11-9-19(10-12-20)24-27-26-29(28-24)25(31)23(35-26)16-18-8-13-21(34-17(3)30)22(15-18)32-5-2/h8-13,15-16H,4-7,14H2,1-3H3/b23-16-. The largest absolute Gasteiger partial charge is 0.494 e. The molecule has 0 radical (unpaired) electrons. The summed E-state index contributed by atoms with van der Waals surface area (Å²) in [5, 5.41) is 4.42. The number of thiazole rings is 1. The fourth-order valence-electron chi connectivity index (χ4n) is 3.47. The number of fused-ring (bicyclic) bond motifs is 1. The van der Waals surface area contributed by atoms with Crippen molar-refractivity contribution in [2.24, 2.45) is 0 Å². The summed E-state index contributed by atoms with van der Waals surface area (Å²) in [5.41, 5.74) is 1.30. The van der Waals surface area contributed by atoms with E-state index in [1.54, 1.807) is 24.3 Å². The monoisotopic (exact) mass is 493 g/mol. The number of esters is 1. The molecule has 8 nitrogen and oxygen atoms in total. The average molecular weight is 494 g/mol. The van der Waals surface area contributed by atoms with Crippen molar-refractivity contribution < 1.29 is 19.0 Å². The minimum absolute atomic E-state index is 0.248. The van der Waals surface area contributed by atoms with Crippen LogP contribution in [0.1, 0.15) is 45.6 Å². The molecule has 0 atom stereocenters. The molecule has 35 heavy (non-hydrogen) atoms. The molecule has 4 aromatic rings. The molecule has 9 heteroatoms. The minimum Gasteiger partial charge on any atom is -0.494 e. The summed E-state index contributed by atoms with van der Waals surface area (Å²) in [6.07, 6.45) is 5.08. The normalized spacial score (nSPS) is 11.7. The van der Waals surface area contributed by atoms with Crippen LogP contribution >= 0.6 is 11.3 Å². The predicted molar refractivity (Wildman–Crippen MR) is 135 cm³/mol. The predicted octanol–water partition coefficient (Wildman–Crippen LogP) is 4.26. The zero-order valence-electron chi connectivity index (χ0n) is 19.9. The van der Waals surface area contributed by atoms with Crippen LogP contribution in [0, 0.1) is 0 Å². The zero-order chi connectivity index (χ0) is 24.8. The smallest absolute Gasteiger partial charge is 0.308 e. The van der Waals surface area contributed by atoms with E-state index in [1.165, 1.54) is 22.8 Å². The van der Waals surface area contributed by atoms with E-state index >= 15 is 0 Å². The molecule has 0 bridgehead atoms. The Morgan fingerprint density at radius 2 is 1.86 bits per heavy atom. The van der Waals surface area contributed by atoms with Gasteiger partial charge >= 0.3 is 5.97 Å². The van der Waals surface area contributed by atoms with Gasteiger partial charge in [-0.1, -0.05) is 37.2 Å². The van der Waals surface area contributed by atoms with Crippen LogP contribution in [0.3, 0.4) is 0 Å². The topological polar surface area (TPSA) is 92.0 Å². The first-order valence-electron chi connectivity index (χ1n) is 11.6. The summed E-state index contributed by atoms with van der Waals surface area (Å²) in [6, 6.07) is 12.7. The van der Waals surface area contributed by atoms with E-state index in [9.17, 15) is 9.59 Å². The molecule has 2 heterocycles. The van der Waals surface area contributed by atoms with Gasteiger partial charge in [0.2, 0.25) is 4.96 Å². The quantitative estimate of drug-likeness (QED) is 0.185. The van der Waals surface area contributed by atoms with Crippen LogP contribution < -0.4 is 24.3 Å². The number of carbonyl (C=O) groups excluding carboxylic acids is 1. The van der Waals surface area contributed by atoms with Gasteiger partial charge in [0.05, 0.1) is 17.7 Å². The SMILES string of the molecule is CCCCCOc1ccc(-c2nc3s/c(=C\c4ccc(OC(C)=O)c(OCC)c4)c(=O)n3n2)cc1. The van der Waals surface area contributed by atoms with Gasteiger partial charge in [0, 0.05) is 12.5 Å². The maximum Gasteiger partial charge on any atom is 0.308 e. The molecule has 0 saturated heterocycles. The Morgan fingerprint density at radius 3 is 2.54 bits per heavy atom. The van der Waals surface area contributed by atoms with E-state index in [4.69, 9.17) is 14.2 Å². The lowest BCUT2D eigenvalue weighted by molar-refractivity contribution is -0.132. The summed E-state index contributed by atoms with van der Waals surface area (Å²) < 4.78 is 18.3. The van der Waals surface area contributed by atoms with Gasteiger partial charge in [-0.15, -0.1) is 5.10 Å². The van der Waals surface area contributed by atoms with Crippen LogP contribution in [0.4, 0.5) is 0 Å². The molecule has 0 aliphatic rings. The van der Waals surface area contributed by atoms with Crippen molar-refractivity contribution >= 4 is 28.3 Å². The Balaban J connectivity index is 1.57. The highest BCUT2D eigenvalue weighted by Crippen LogP contribution is 2.29. The Labute approximate surface area is 206 Å². The number of unbranched alkanes of at least 4 members (excludes halogenated alkanes) is 2. The van der Waals surface area contributed by atoms with Crippen molar-refractivity contribution in [3.8, 4) is 28.6 Å². The number of rotatable bonds is 10. The lowest BCUT2D eigenvalue weighted by atomic mass is 10.2. The van der Waals surface area contributed by atoms with E-state index in [2.05, 4.69) is 17.0 Å². The Kier molecular flexibility index (Phi) is 7.77. The fourth-order valence-corrected chi connectivity index (χ4v) is 4.38. The molecule has 2 aromatic heterocycles. The maximum absolute atomic E-state index is 12.9. The molecule has 0 aliphatic heterocycles. The first kappa shape index (κ1) is 24.4. The van der Waals surface area contributed by atoms with E-state index in [0.717, 1.165) is 36.1 Å². The van der Waals surface area contributed by atoms with Gasteiger partial charge in [0.25, 0.3) is 5.56 Å². The summed E-state index contributed by atoms with van der Waals surface area (Å²) in [5.74, 6) is 1.63. The first-order chi connectivity index (χ1) is 17.0. The van der Waals surface area contributed by atoms with Crippen LogP contribution in [0.2, 0.25) is 0 Å². The van der Waals surface area contributed by atoms with Gasteiger partial charge in [-0.2, -0.15) is 9.50 Å². The third-order valence-electron chi connectivity index (χ3n) is 5.13. The second-order valence-corrected chi connectivity index (χ2v) is 8.87. The molecular weight excluding hydrogens is 466 g/mol. The van der Waals surface area contributed by atoms with E-state index in [0.29, 0.717) is 40.0 Å². The minimum atomic E-state index is -0.431. The van der Waals surface area contributed by atoms with Gasteiger partial charge in [-0.3, -0.25) is 9.59 Å². The summed E-state index contributed by atoms with van der Waals surface area (Å²) >= 11 is 1.26. The number of nitrogens with zero attached hydrogens (tertiary/aromatic N) is 3. The van der Waals surface area contributed by atoms with Crippen molar-refractivity contribution in [3.63, 3.8) is 0 Å². The van der Waals surface area contributed by atoms with Crippen LogP contribution in [0.25, 0.3) is 22.4 Å². The number of carbonyl (C=O) groups is 1. The van der Waals surface area contributed by atoms with Gasteiger partial charge in [0.1, 0.15) is 5.75 Å². The number of hydrogen-bond acceptors (Lipinski definition) is 8. The van der Waals surface area contributed by atoms with Crippen molar-refractivity contribution in [2.45, 2.75) is 40.0 Å². The molecule has 0 amide bonds. The number of hydrogen-bond donors (Lipinski definition) is 0. The van der Waals surface area contributed by atoms with Gasteiger partial charge in [0.15, 0.2) is 17.3 Å². The molecule has 4 rings (SSSR count). The molecule has 0 N–H and O–H groups in total. The van der Waals surface area contributed by atoms with Crippen molar-refractivity contribution in [1.82, 2.24) is 14.6 Å². The van der Waals surface area contributed by atoms with Crippen LogP contribution in [0.5, 0.6) is 17.2 Å². The highest BCUT2D eigenvalue weighted by Gasteiger charge is 2.13. The summed E-state index contributed by atoms with van der Waals surface area (Å²) in [4.78, 5) is 29.3. The van der Waals surface area contributed by atoms with Gasteiger partial charge < -0.3 is 14.2 Å². The molecular formula is C26H27N3O5S.